The van der Waals surface area contributed by atoms with Crippen LogP contribution in [0.25, 0.3) is 0 Å². The topological polar surface area (TPSA) is 33.0 Å². The monoisotopic (exact) mass is 183 g/mol. The number of allylic oxidation sites excluding steroid dienone is 1. The van der Waals surface area contributed by atoms with Crippen LogP contribution in [0.5, 0.6) is 0 Å². The van der Waals surface area contributed by atoms with Crippen molar-refractivity contribution < 1.29 is 4.74 Å². The highest BCUT2D eigenvalue weighted by Gasteiger charge is 1.87. The lowest BCUT2D eigenvalue weighted by Crippen LogP contribution is -1.75. The van der Waals surface area contributed by atoms with Gasteiger partial charge in [-0.05, 0) is 24.3 Å². The van der Waals surface area contributed by atoms with E-state index in [1.54, 1.807) is 25.3 Å². The summed E-state index contributed by atoms with van der Waals surface area (Å²) in [6.45, 7) is 0. The van der Waals surface area contributed by atoms with Crippen molar-refractivity contribution in [3.63, 3.8) is 0 Å². The molecule has 68 valence electrons. The van der Waals surface area contributed by atoms with Crippen LogP contribution >= 0.6 is 0 Å². The minimum atomic E-state index is 0.642. The first-order chi connectivity index (χ1) is 6.86. The molecular formula is C12H9NO. The quantitative estimate of drug-likeness (QED) is 0.493. The van der Waals surface area contributed by atoms with Crippen LogP contribution in [-0.4, -0.2) is 7.11 Å². The van der Waals surface area contributed by atoms with Crippen LogP contribution in [0, 0.1) is 23.2 Å². The van der Waals surface area contributed by atoms with Crippen molar-refractivity contribution in [2.45, 2.75) is 0 Å². The van der Waals surface area contributed by atoms with Crippen LogP contribution < -0.4 is 0 Å². The van der Waals surface area contributed by atoms with E-state index in [2.05, 4.69) is 11.8 Å². The number of hydrogen-bond acceptors (Lipinski definition) is 2. The molecule has 0 aromatic heterocycles. The molecule has 2 nitrogen and oxygen atoms in total. The Labute approximate surface area is 83.4 Å². The fourth-order valence-electron chi connectivity index (χ4n) is 0.855. The third-order valence-corrected chi connectivity index (χ3v) is 1.52. The average Bonchev–Trinajstić information content (AvgIpc) is 2.25. The van der Waals surface area contributed by atoms with E-state index in [1.165, 1.54) is 6.26 Å². The lowest BCUT2D eigenvalue weighted by atomic mass is 10.1. The van der Waals surface area contributed by atoms with Crippen molar-refractivity contribution >= 4 is 0 Å². The lowest BCUT2D eigenvalue weighted by Gasteiger charge is -1.88. The summed E-state index contributed by atoms with van der Waals surface area (Å²) in [5.74, 6) is 5.71. The van der Waals surface area contributed by atoms with Gasteiger partial charge in [-0.2, -0.15) is 5.26 Å². The van der Waals surface area contributed by atoms with Crippen molar-refractivity contribution in [3.05, 3.63) is 47.7 Å². The predicted octanol–water partition coefficient (Wildman–Crippen LogP) is 2.07. The number of benzene rings is 1. The van der Waals surface area contributed by atoms with E-state index >= 15 is 0 Å². The van der Waals surface area contributed by atoms with Gasteiger partial charge in [0.25, 0.3) is 0 Å². The van der Waals surface area contributed by atoms with E-state index in [1.807, 2.05) is 18.2 Å². The molecule has 0 bridgehead atoms. The second-order valence-electron chi connectivity index (χ2n) is 2.50. The van der Waals surface area contributed by atoms with Gasteiger partial charge in [-0.25, -0.2) is 0 Å². The van der Waals surface area contributed by atoms with Crippen LogP contribution in [0.3, 0.4) is 0 Å². The second-order valence-corrected chi connectivity index (χ2v) is 2.50. The fraction of sp³-hybridized carbons (Fsp3) is 0.0833. The average molecular weight is 183 g/mol. The maximum absolute atomic E-state index is 8.56. The van der Waals surface area contributed by atoms with Crippen LogP contribution in [0.15, 0.2) is 36.6 Å². The minimum Gasteiger partial charge on any atom is -0.504 e. The predicted molar refractivity (Wildman–Crippen MR) is 54.2 cm³/mol. The number of ether oxygens (including phenoxy) is 1. The molecule has 1 aromatic rings. The van der Waals surface area contributed by atoms with E-state index in [-0.39, 0.29) is 0 Å². The standard InChI is InChI=1S/C12H9NO/c1-14-9-3-2-4-11-5-7-12(10-13)8-6-11/h3,5-9H,1H3/b9-3+. The van der Waals surface area contributed by atoms with Crippen molar-refractivity contribution in [2.24, 2.45) is 0 Å². The number of rotatable bonds is 1. The largest absolute Gasteiger partial charge is 0.504 e. The highest BCUT2D eigenvalue weighted by atomic mass is 16.5. The van der Waals surface area contributed by atoms with Gasteiger partial charge in [0, 0.05) is 11.6 Å². The van der Waals surface area contributed by atoms with E-state index in [0.717, 1.165) is 5.56 Å². The molecule has 0 saturated carbocycles. The molecule has 0 amide bonds. The molecule has 0 saturated heterocycles. The molecule has 0 N–H and O–H groups in total. The highest BCUT2D eigenvalue weighted by Crippen LogP contribution is 2.01. The smallest absolute Gasteiger partial charge is 0.0991 e. The van der Waals surface area contributed by atoms with Gasteiger partial charge in [0.1, 0.15) is 0 Å². The van der Waals surface area contributed by atoms with Crippen LogP contribution in [0.1, 0.15) is 11.1 Å². The number of hydrogen-bond donors (Lipinski definition) is 0. The fourth-order valence-corrected chi connectivity index (χ4v) is 0.855. The lowest BCUT2D eigenvalue weighted by molar-refractivity contribution is 0.338. The number of methoxy groups -OCH3 is 1. The molecule has 0 heterocycles. The van der Waals surface area contributed by atoms with Crippen LogP contribution in [0.4, 0.5) is 0 Å². The third kappa shape index (κ3) is 3.05. The van der Waals surface area contributed by atoms with E-state index < -0.39 is 0 Å². The molecule has 0 aliphatic carbocycles. The Bertz CT molecular complexity index is 412. The zero-order valence-electron chi connectivity index (χ0n) is 7.82. The summed E-state index contributed by atoms with van der Waals surface area (Å²) >= 11 is 0. The van der Waals surface area contributed by atoms with Crippen molar-refractivity contribution in [1.82, 2.24) is 0 Å². The molecule has 0 aliphatic rings. The zero-order chi connectivity index (χ0) is 10.2. The summed E-state index contributed by atoms with van der Waals surface area (Å²) < 4.78 is 4.69. The Balaban J connectivity index is 2.73. The summed E-state index contributed by atoms with van der Waals surface area (Å²) in [5.41, 5.74) is 1.52. The van der Waals surface area contributed by atoms with Crippen molar-refractivity contribution in [1.29, 1.82) is 5.26 Å². The molecule has 0 unspecified atom stereocenters. The Hall–Kier alpha value is -2.19. The van der Waals surface area contributed by atoms with E-state index in [0.29, 0.717) is 5.56 Å². The Morgan fingerprint density at radius 2 is 1.86 bits per heavy atom. The second kappa shape index (κ2) is 5.45. The molecule has 2 heteroatoms. The van der Waals surface area contributed by atoms with Gasteiger partial charge in [0.05, 0.1) is 25.0 Å². The molecule has 0 atom stereocenters. The Morgan fingerprint density at radius 3 is 2.43 bits per heavy atom. The summed E-state index contributed by atoms with van der Waals surface area (Å²) in [5, 5.41) is 8.56. The zero-order valence-corrected chi connectivity index (χ0v) is 7.82. The van der Waals surface area contributed by atoms with Gasteiger partial charge in [-0.3, -0.25) is 0 Å². The van der Waals surface area contributed by atoms with Gasteiger partial charge in [-0.1, -0.05) is 11.8 Å². The molecule has 0 fully saturated rings. The summed E-state index contributed by atoms with van der Waals surface area (Å²) in [7, 11) is 1.57. The number of nitriles is 1. The summed E-state index contributed by atoms with van der Waals surface area (Å²) in [6, 6.07) is 9.15. The first-order valence-electron chi connectivity index (χ1n) is 4.06. The third-order valence-electron chi connectivity index (χ3n) is 1.52. The molecule has 1 aromatic carbocycles. The first-order valence-corrected chi connectivity index (χ1v) is 4.06. The van der Waals surface area contributed by atoms with Gasteiger partial charge in [0.2, 0.25) is 0 Å². The maximum Gasteiger partial charge on any atom is 0.0991 e. The molecule has 0 spiro atoms. The van der Waals surface area contributed by atoms with Gasteiger partial charge >= 0.3 is 0 Å². The normalized spacial score (nSPS) is 8.86. The molecule has 1 rings (SSSR count). The van der Waals surface area contributed by atoms with Crippen LogP contribution in [-0.2, 0) is 4.74 Å². The van der Waals surface area contributed by atoms with Crippen molar-refractivity contribution in [3.8, 4) is 17.9 Å². The summed E-state index contributed by atoms with van der Waals surface area (Å²) in [6.07, 6.45) is 3.13. The Morgan fingerprint density at radius 1 is 1.21 bits per heavy atom. The van der Waals surface area contributed by atoms with Gasteiger partial charge < -0.3 is 4.74 Å². The van der Waals surface area contributed by atoms with Crippen LogP contribution in [0.2, 0.25) is 0 Å². The van der Waals surface area contributed by atoms with Gasteiger partial charge in [-0.15, -0.1) is 0 Å². The van der Waals surface area contributed by atoms with E-state index in [4.69, 9.17) is 10.00 Å². The molecule has 0 radical (unpaired) electrons. The first kappa shape index (κ1) is 9.89. The number of nitrogens with zero attached hydrogens (tertiary/aromatic N) is 1. The maximum atomic E-state index is 8.56. The molecular weight excluding hydrogens is 174 g/mol. The highest BCUT2D eigenvalue weighted by molar-refractivity contribution is 5.41. The minimum absolute atomic E-state index is 0.642. The van der Waals surface area contributed by atoms with Crippen molar-refractivity contribution in [2.75, 3.05) is 7.11 Å². The van der Waals surface area contributed by atoms with E-state index in [9.17, 15) is 0 Å². The molecule has 0 aliphatic heterocycles. The molecule has 14 heavy (non-hydrogen) atoms. The SMILES string of the molecule is CO/C=C/C#Cc1ccc(C#N)cc1. The summed E-state index contributed by atoms with van der Waals surface area (Å²) in [4.78, 5) is 0. The van der Waals surface area contributed by atoms with Gasteiger partial charge in [0.15, 0.2) is 0 Å². The Kier molecular flexibility index (Phi) is 3.86.